The van der Waals surface area contributed by atoms with Crippen molar-refractivity contribution in [2.45, 2.75) is 6.92 Å². The largest absolute Gasteiger partial charge is 0.494 e. The summed E-state index contributed by atoms with van der Waals surface area (Å²) in [5, 5.41) is 15.1. The van der Waals surface area contributed by atoms with Crippen LogP contribution in [-0.4, -0.2) is 26.6 Å². The van der Waals surface area contributed by atoms with Crippen molar-refractivity contribution in [2.24, 2.45) is 7.05 Å². The predicted octanol–water partition coefficient (Wildman–Crippen LogP) is 4.74. The molecule has 0 fully saturated rings. The highest BCUT2D eigenvalue weighted by Crippen LogP contribution is 2.35. The molecule has 0 unspecified atom stereocenters. The monoisotopic (exact) mass is 407 g/mol. The Labute approximate surface area is 171 Å². The summed E-state index contributed by atoms with van der Waals surface area (Å²) in [5.74, 6) is -0.670. The average molecular weight is 407 g/mol. The van der Waals surface area contributed by atoms with Crippen molar-refractivity contribution in [3.05, 3.63) is 70.3 Å². The summed E-state index contributed by atoms with van der Waals surface area (Å²) in [4.78, 5) is 19.1. The van der Waals surface area contributed by atoms with E-state index >= 15 is 0 Å². The van der Waals surface area contributed by atoms with Crippen molar-refractivity contribution < 1.29 is 14.1 Å². The molecule has 0 aliphatic heterocycles. The molecule has 0 saturated carbocycles. The number of ether oxygens (including phenoxy) is 1. The van der Waals surface area contributed by atoms with Gasteiger partial charge in [0.1, 0.15) is 5.75 Å². The number of anilines is 2. The van der Waals surface area contributed by atoms with E-state index in [1.165, 1.54) is 7.11 Å². The second-order valence-electron chi connectivity index (χ2n) is 6.69. The topological polar surface area (TPSA) is 95.1 Å². The minimum absolute atomic E-state index is 0.105. The summed E-state index contributed by atoms with van der Waals surface area (Å²) in [6.07, 6.45) is 1.59. The summed E-state index contributed by atoms with van der Waals surface area (Å²) in [6.45, 7) is 2.01. The third-order valence-electron chi connectivity index (χ3n) is 5.02. The molecule has 0 aliphatic rings. The molecule has 4 aromatic rings. The first-order chi connectivity index (χ1) is 14.4. The van der Waals surface area contributed by atoms with Gasteiger partial charge in [0.05, 0.1) is 23.4 Å². The van der Waals surface area contributed by atoms with Crippen LogP contribution in [0.25, 0.3) is 22.2 Å². The van der Waals surface area contributed by atoms with Crippen LogP contribution in [0.1, 0.15) is 5.69 Å². The van der Waals surface area contributed by atoms with E-state index in [4.69, 9.17) is 4.74 Å². The molecule has 8 nitrogen and oxygen atoms in total. The predicted molar refractivity (Wildman–Crippen MR) is 112 cm³/mol. The van der Waals surface area contributed by atoms with Crippen LogP contribution in [0.15, 0.2) is 48.7 Å². The SMILES string of the molecule is COc1cc(F)c([N+](=O)[O-])cc1Nc1nccc(-c2c(C)n(C)c3ccccc23)n1. The summed E-state index contributed by atoms with van der Waals surface area (Å²) < 4.78 is 21.1. The molecule has 30 heavy (non-hydrogen) atoms. The van der Waals surface area contributed by atoms with Gasteiger partial charge in [0.2, 0.25) is 11.8 Å². The molecule has 2 heterocycles. The van der Waals surface area contributed by atoms with Crippen LogP contribution in [0, 0.1) is 22.9 Å². The molecule has 0 saturated heterocycles. The fourth-order valence-corrected chi connectivity index (χ4v) is 3.47. The molecule has 9 heteroatoms. The second-order valence-corrected chi connectivity index (χ2v) is 6.69. The van der Waals surface area contributed by atoms with E-state index in [1.54, 1.807) is 12.3 Å². The Morgan fingerprint density at radius 2 is 2.00 bits per heavy atom. The number of rotatable bonds is 5. The number of aryl methyl sites for hydroxylation is 1. The van der Waals surface area contributed by atoms with E-state index in [0.29, 0.717) is 5.69 Å². The minimum Gasteiger partial charge on any atom is -0.494 e. The molecule has 4 rings (SSSR count). The van der Waals surface area contributed by atoms with Crippen molar-refractivity contribution in [1.82, 2.24) is 14.5 Å². The quantitative estimate of drug-likeness (QED) is 0.379. The first-order valence-electron chi connectivity index (χ1n) is 9.07. The molecule has 0 atom stereocenters. The number of hydrogen-bond acceptors (Lipinski definition) is 6. The molecule has 2 aromatic heterocycles. The zero-order chi connectivity index (χ0) is 21.4. The molecule has 0 radical (unpaired) electrons. The number of methoxy groups -OCH3 is 1. The van der Waals surface area contributed by atoms with Gasteiger partial charge in [-0.15, -0.1) is 0 Å². The molecule has 1 N–H and O–H groups in total. The first-order valence-corrected chi connectivity index (χ1v) is 9.07. The lowest BCUT2D eigenvalue weighted by Crippen LogP contribution is -2.02. The highest BCUT2D eigenvalue weighted by Gasteiger charge is 2.20. The van der Waals surface area contributed by atoms with Gasteiger partial charge >= 0.3 is 5.69 Å². The molecule has 2 aromatic carbocycles. The zero-order valence-corrected chi connectivity index (χ0v) is 16.5. The second kappa shape index (κ2) is 7.43. The number of nitro benzene ring substituents is 1. The van der Waals surface area contributed by atoms with Crippen molar-refractivity contribution in [3.63, 3.8) is 0 Å². The number of benzene rings is 2. The highest BCUT2D eigenvalue weighted by molar-refractivity contribution is 5.97. The maximum Gasteiger partial charge on any atom is 0.307 e. The Balaban J connectivity index is 1.79. The van der Waals surface area contributed by atoms with Crippen LogP contribution in [0.3, 0.4) is 0 Å². The van der Waals surface area contributed by atoms with E-state index in [-0.39, 0.29) is 17.4 Å². The maximum atomic E-state index is 13.9. The fourth-order valence-electron chi connectivity index (χ4n) is 3.47. The Morgan fingerprint density at radius 3 is 2.73 bits per heavy atom. The van der Waals surface area contributed by atoms with Crippen LogP contribution in [0.4, 0.5) is 21.7 Å². The summed E-state index contributed by atoms with van der Waals surface area (Å²) in [6, 6.07) is 11.8. The molecule has 0 amide bonds. The Hall–Kier alpha value is -4.01. The molecule has 0 aliphatic carbocycles. The molecule has 0 spiro atoms. The van der Waals surface area contributed by atoms with E-state index in [0.717, 1.165) is 34.3 Å². The summed E-state index contributed by atoms with van der Waals surface area (Å²) in [5.41, 5.74) is 3.30. The maximum absolute atomic E-state index is 13.9. The van der Waals surface area contributed by atoms with Gasteiger partial charge in [0.25, 0.3) is 0 Å². The zero-order valence-electron chi connectivity index (χ0n) is 16.5. The molecular formula is C21H18FN5O3. The molecular weight excluding hydrogens is 389 g/mol. The molecule has 152 valence electrons. The lowest BCUT2D eigenvalue weighted by atomic mass is 10.1. The summed E-state index contributed by atoms with van der Waals surface area (Å²) >= 11 is 0. The average Bonchev–Trinajstić information content (AvgIpc) is 2.99. The van der Waals surface area contributed by atoms with Crippen LogP contribution < -0.4 is 10.1 Å². The van der Waals surface area contributed by atoms with E-state index in [2.05, 4.69) is 19.9 Å². The Morgan fingerprint density at radius 1 is 1.23 bits per heavy atom. The number of halogens is 1. The Kier molecular flexibility index (Phi) is 4.78. The lowest BCUT2D eigenvalue weighted by Gasteiger charge is -2.11. The standard InChI is InChI=1S/C21H18FN5O3/c1-12-20(13-6-4-5-7-17(13)26(12)2)15-8-9-23-21(24-15)25-16-11-18(27(28)29)14(22)10-19(16)30-3/h4-11H,1-3H3,(H,23,24,25). The minimum atomic E-state index is -0.983. The van der Waals surface area contributed by atoms with Gasteiger partial charge in [-0.05, 0) is 19.1 Å². The highest BCUT2D eigenvalue weighted by atomic mass is 19.1. The number of nitrogens with one attached hydrogen (secondary N) is 1. The number of nitrogens with zero attached hydrogens (tertiary/aromatic N) is 4. The Bertz CT molecular complexity index is 1290. The lowest BCUT2D eigenvalue weighted by molar-refractivity contribution is -0.387. The number of hydrogen-bond donors (Lipinski definition) is 1. The van der Waals surface area contributed by atoms with Crippen LogP contribution in [0.5, 0.6) is 5.75 Å². The van der Waals surface area contributed by atoms with Gasteiger partial charge in [0, 0.05) is 47.5 Å². The van der Waals surface area contributed by atoms with E-state index < -0.39 is 16.4 Å². The fraction of sp³-hybridized carbons (Fsp3) is 0.143. The van der Waals surface area contributed by atoms with Gasteiger partial charge in [-0.2, -0.15) is 4.39 Å². The molecule has 0 bridgehead atoms. The van der Waals surface area contributed by atoms with Crippen molar-refractivity contribution in [3.8, 4) is 17.0 Å². The van der Waals surface area contributed by atoms with Crippen LogP contribution >= 0.6 is 0 Å². The van der Waals surface area contributed by atoms with Gasteiger partial charge < -0.3 is 14.6 Å². The van der Waals surface area contributed by atoms with Gasteiger partial charge in [0.15, 0.2) is 0 Å². The third-order valence-corrected chi connectivity index (χ3v) is 5.02. The smallest absolute Gasteiger partial charge is 0.307 e. The van der Waals surface area contributed by atoms with Crippen LogP contribution in [0.2, 0.25) is 0 Å². The van der Waals surface area contributed by atoms with Crippen molar-refractivity contribution in [1.29, 1.82) is 0 Å². The van der Waals surface area contributed by atoms with Crippen LogP contribution in [-0.2, 0) is 7.05 Å². The van der Waals surface area contributed by atoms with Gasteiger partial charge in [-0.25, -0.2) is 9.97 Å². The summed E-state index contributed by atoms with van der Waals surface area (Å²) in [7, 11) is 3.34. The van der Waals surface area contributed by atoms with E-state index in [9.17, 15) is 14.5 Å². The third kappa shape index (κ3) is 3.20. The number of fused-ring (bicyclic) bond motifs is 1. The number of nitro groups is 1. The van der Waals surface area contributed by atoms with E-state index in [1.807, 2.05) is 38.2 Å². The number of aromatic nitrogens is 3. The van der Waals surface area contributed by atoms with Crippen molar-refractivity contribution in [2.75, 3.05) is 12.4 Å². The normalized spacial score (nSPS) is 10.9. The van der Waals surface area contributed by atoms with Gasteiger partial charge in [-0.3, -0.25) is 10.1 Å². The van der Waals surface area contributed by atoms with Crippen molar-refractivity contribution >= 4 is 28.2 Å². The van der Waals surface area contributed by atoms with Gasteiger partial charge in [-0.1, -0.05) is 18.2 Å². The first kappa shape index (κ1) is 19.3. The number of para-hydroxylation sites is 1.